The molecule has 1 aromatic carbocycles. The van der Waals surface area contributed by atoms with Gasteiger partial charge in [-0.1, -0.05) is 19.9 Å². The van der Waals surface area contributed by atoms with Crippen molar-refractivity contribution in [3.05, 3.63) is 28.8 Å². The quantitative estimate of drug-likeness (QED) is 0.797. The number of hydroxylamine groups is 1. The number of benzene rings is 1. The van der Waals surface area contributed by atoms with Gasteiger partial charge in [0.15, 0.2) is 0 Å². The highest BCUT2D eigenvalue weighted by Crippen LogP contribution is 2.30. The highest BCUT2D eigenvalue weighted by molar-refractivity contribution is 5.58. The summed E-state index contributed by atoms with van der Waals surface area (Å²) in [5, 5.41) is 11.7. The van der Waals surface area contributed by atoms with Crippen molar-refractivity contribution in [2.45, 2.75) is 59.9 Å². The van der Waals surface area contributed by atoms with Gasteiger partial charge in [0, 0.05) is 0 Å². The molecule has 0 saturated carbocycles. The summed E-state index contributed by atoms with van der Waals surface area (Å²) in [7, 11) is 0. The van der Waals surface area contributed by atoms with E-state index in [0.717, 1.165) is 18.5 Å². The highest BCUT2D eigenvalue weighted by atomic mass is 16.5. The van der Waals surface area contributed by atoms with Gasteiger partial charge >= 0.3 is 0 Å². The maximum absolute atomic E-state index is 10.3. The molecule has 0 heterocycles. The molecule has 1 aromatic rings. The standard InChI is InChI=1S/C15H25NO/c1-7-12-9-10-14(13(8-2)11(12)3)16(17)15(4,5)6/h9-10,17H,7-8H2,1-6H3. The Bertz CT molecular complexity index is 391. The van der Waals surface area contributed by atoms with E-state index in [-0.39, 0.29) is 5.54 Å². The summed E-state index contributed by atoms with van der Waals surface area (Å²) >= 11 is 0. The van der Waals surface area contributed by atoms with Gasteiger partial charge in [0.1, 0.15) is 0 Å². The van der Waals surface area contributed by atoms with Crippen LogP contribution in [0.2, 0.25) is 0 Å². The lowest BCUT2D eigenvalue weighted by Crippen LogP contribution is -2.39. The van der Waals surface area contributed by atoms with E-state index in [0.29, 0.717) is 0 Å². The van der Waals surface area contributed by atoms with Crippen LogP contribution in [0.4, 0.5) is 5.69 Å². The molecule has 2 heteroatoms. The van der Waals surface area contributed by atoms with Gasteiger partial charge < -0.3 is 0 Å². The van der Waals surface area contributed by atoms with Crippen LogP contribution in [0.25, 0.3) is 0 Å². The van der Waals surface area contributed by atoms with E-state index in [1.165, 1.54) is 21.8 Å². The smallest absolute Gasteiger partial charge is 0.0675 e. The molecule has 2 nitrogen and oxygen atoms in total. The zero-order valence-electron chi connectivity index (χ0n) is 12.0. The third-order valence-corrected chi connectivity index (χ3v) is 3.28. The van der Waals surface area contributed by atoms with E-state index in [2.05, 4.69) is 26.8 Å². The Morgan fingerprint density at radius 1 is 1.12 bits per heavy atom. The lowest BCUT2D eigenvalue weighted by atomic mass is 9.95. The molecule has 0 amide bonds. The van der Waals surface area contributed by atoms with Gasteiger partial charge in [-0.05, 0) is 63.3 Å². The van der Waals surface area contributed by atoms with Gasteiger partial charge in [-0.15, -0.1) is 0 Å². The Balaban J connectivity index is 3.31. The average Bonchev–Trinajstić information content (AvgIpc) is 2.26. The Labute approximate surface area is 105 Å². The minimum atomic E-state index is -0.274. The Morgan fingerprint density at radius 2 is 1.71 bits per heavy atom. The second-order valence-corrected chi connectivity index (χ2v) is 5.54. The minimum absolute atomic E-state index is 0.274. The first-order valence-corrected chi connectivity index (χ1v) is 6.43. The van der Waals surface area contributed by atoms with Crippen molar-refractivity contribution in [2.24, 2.45) is 0 Å². The van der Waals surface area contributed by atoms with Crippen LogP contribution in [0.15, 0.2) is 12.1 Å². The van der Waals surface area contributed by atoms with Crippen molar-refractivity contribution < 1.29 is 5.21 Å². The zero-order valence-corrected chi connectivity index (χ0v) is 12.0. The molecule has 17 heavy (non-hydrogen) atoms. The lowest BCUT2D eigenvalue weighted by Gasteiger charge is -2.33. The first-order chi connectivity index (χ1) is 7.82. The molecule has 0 aromatic heterocycles. The van der Waals surface area contributed by atoms with Crippen molar-refractivity contribution in [2.75, 3.05) is 5.06 Å². The van der Waals surface area contributed by atoms with Crippen LogP contribution in [0, 0.1) is 6.92 Å². The summed E-state index contributed by atoms with van der Waals surface area (Å²) in [6.45, 7) is 12.5. The lowest BCUT2D eigenvalue weighted by molar-refractivity contribution is 0.180. The second-order valence-electron chi connectivity index (χ2n) is 5.54. The van der Waals surface area contributed by atoms with Crippen molar-refractivity contribution in [1.82, 2.24) is 0 Å². The van der Waals surface area contributed by atoms with E-state index in [1.54, 1.807) is 0 Å². The van der Waals surface area contributed by atoms with E-state index in [9.17, 15) is 5.21 Å². The molecule has 1 rings (SSSR count). The zero-order chi connectivity index (χ0) is 13.2. The summed E-state index contributed by atoms with van der Waals surface area (Å²) in [6, 6.07) is 4.16. The molecule has 0 aliphatic carbocycles. The maximum Gasteiger partial charge on any atom is 0.0675 e. The van der Waals surface area contributed by atoms with Gasteiger partial charge in [0.2, 0.25) is 0 Å². The predicted molar refractivity (Wildman–Crippen MR) is 74.0 cm³/mol. The van der Waals surface area contributed by atoms with Crippen LogP contribution in [0.5, 0.6) is 0 Å². The van der Waals surface area contributed by atoms with Crippen LogP contribution >= 0.6 is 0 Å². The normalized spacial score (nSPS) is 11.7. The average molecular weight is 235 g/mol. The third kappa shape index (κ3) is 2.81. The topological polar surface area (TPSA) is 23.5 Å². The fourth-order valence-electron chi connectivity index (χ4n) is 2.18. The van der Waals surface area contributed by atoms with Gasteiger partial charge in [-0.2, -0.15) is 0 Å². The van der Waals surface area contributed by atoms with E-state index in [1.807, 2.05) is 26.8 Å². The highest BCUT2D eigenvalue weighted by Gasteiger charge is 2.22. The first kappa shape index (κ1) is 14.0. The van der Waals surface area contributed by atoms with Gasteiger partial charge in [-0.25, -0.2) is 0 Å². The first-order valence-electron chi connectivity index (χ1n) is 6.43. The van der Waals surface area contributed by atoms with Crippen LogP contribution in [0.1, 0.15) is 51.3 Å². The van der Waals surface area contributed by atoms with Crippen LogP contribution < -0.4 is 5.06 Å². The molecule has 0 fully saturated rings. The molecule has 0 spiro atoms. The van der Waals surface area contributed by atoms with Crippen LogP contribution in [0.3, 0.4) is 0 Å². The Kier molecular flexibility index (Phi) is 4.21. The molecule has 0 aliphatic heterocycles. The third-order valence-electron chi connectivity index (χ3n) is 3.28. The fraction of sp³-hybridized carbons (Fsp3) is 0.600. The minimum Gasteiger partial charge on any atom is -0.288 e. The molecule has 0 unspecified atom stereocenters. The van der Waals surface area contributed by atoms with E-state index in [4.69, 9.17) is 0 Å². The second kappa shape index (κ2) is 5.09. The molecule has 0 radical (unpaired) electrons. The molecular formula is C15H25NO. The number of rotatable bonds is 3. The van der Waals surface area contributed by atoms with Gasteiger partial charge in [-0.3, -0.25) is 10.3 Å². The fourth-order valence-corrected chi connectivity index (χ4v) is 2.18. The molecule has 0 bridgehead atoms. The molecule has 0 saturated heterocycles. The Morgan fingerprint density at radius 3 is 2.12 bits per heavy atom. The predicted octanol–water partition coefficient (Wildman–Crippen LogP) is 4.11. The van der Waals surface area contributed by atoms with Crippen molar-refractivity contribution in [3.63, 3.8) is 0 Å². The molecule has 1 N–H and O–H groups in total. The Hall–Kier alpha value is -1.02. The summed E-state index contributed by atoms with van der Waals surface area (Å²) in [5.74, 6) is 0. The molecular weight excluding hydrogens is 210 g/mol. The summed E-state index contributed by atoms with van der Waals surface area (Å²) in [4.78, 5) is 0. The summed E-state index contributed by atoms with van der Waals surface area (Å²) in [6.07, 6.45) is 1.99. The van der Waals surface area contributed by atoms with E-state index >= 15 is 0 Å². The van der Waals surface area contributed by atoms with Gasteiger partial charge in [0.05, 0.1) is 11.2 Å². The monoisotopic (exact) mass is 235 g/mol. The molecule has 0 atom stereocenters. The number of nitrogens with zero attached hydrogens (tertiary/aromatic N) is 1. The SMILES string of the molecule is CCc1ccc(N(O)C(C)(C)C)c(CC)c1C. The van der Waals surface area contributed by atoms with Crippen LogP contribution in [-0.4, -0.2) is 10.7 Å². The van der Waals surface area contributed by atoms with Crippen molar-refractivity contribution in [1.29, 1.82) is 0 Å². The van der Waals surface area contributed by atoms with E-state index < -0.39 is 0 Å². The summed E-state index contributed by atoms with van der Waals surface area (Å²) in [5.41, 5.74) is 4.60. The number of aryl methyl sites for hydroxylation is 1. The largest absolute Gasteiger partial charge is 0.288 e. The van der Waals surface area contributed by atoms with Crippen LogP contribution in [-0.2, 0) is 12.8 Å². The maximum atomic E-state index is 10.3. The molecule has 0 aliphatic rings. The number of hydrogen-bond acceptors (Lipinski definition) is 2. The molecule has 96 valence electrons. The van der Waals surface area contributed by atoms with Crippen molar-refractivity contribution in [3.8, 4) is 0 Å². The van der Waals surface area contributed by atoms with Crippen molar-refractivity contribution >= 4 is 5.69 Å². The van der Waals surface area contributed by atoms with Gasteiger partial charge in [0.25, 0.3) is 0 Å². The number of anilines is 1. The number of hydrogen-bond donors (Lipinski definition) is 1. The summed E-state index contributed by atoms with van der Waals surface area (Å²) < 4.78 is 0.